The summed E-state index contributed by atoms with van der Waals surface area (Å²) in [6.07, 6.45) is 1.97. The number of aromatic nitrogens is 3. The van der Waals surface area contributed by atoms with E-state index in [1.54, 1.807) is 23.0 Å². The summed E-state index contributed by atoms with van der Waals surface area (Å²) < 4.78 is 7.57. The molecule has 0 fully saturated rings. The van der Waals surface area contributed by atoms with Crippen LogP contribution in [-0.2, 0) is 11.9 Å². The first kappa shape index (κ1) is 16.1. The molecular formula is C19H18N4O3. The Hall–Kier alpha value is -3.35. The van der Waals surface area contributed by atoms with Gasteiger partial charge in [-0.3, -0.25) is 9.67 Å². The van der Waals surface area contributed by atoms with E-state index in [9.17, 15) is 5.11 Å². The summed E-state index contributed by atoms with van der Waals surface area (Å²) in [6, 6.07) is 12.6. The van der Waals surface area contributed by atoms with Crippen molar-refractivity contribution in [3.8, 4) is 22.9 Å². The second kappa shape index (κ2) is 6.51. The number of nitrogens with zero attached hydrogens (tertiary/aromatic N) is 4. The molecule has 1 aliphatic heterocycles. The number of aromatic hydroxyl groups is 1. The van der Waals surface area contributed by atoms with Crippen LogP contribution in [0.2, 0.25) is 0 Å². The monoisotopic (exact) mass is 350 g/mol. The van der Waals surface area contributed by atoms with Crippen molar-refractivity contribution in [1.82, 2.24) is 14.8 Å². The van der Waals surface area contributed by atoms with Crippen molar-refractivity contribution in [1.29, 1.82) is 0 Å². The summed E-state index contributed by atoms with van der Waals surface area (Å²) in [7, 11) is 1.89. The Balaban J connectivity index is 1.42. The highest BCUT2D eigenvalue weighted by atomic mass is 16.7. The molecule has 132 valence electrons. The third kappa shape index (κ3) is 3.23. The third-order valence-corrected chi connectivity index (χ3v) is 4.14. The van der Waals surface area contributed by atoms with E-state index >= 15 is 0 Å². The van der Waals surface area contributed by atoms with Crippen LogP contribution in [-0.4, -0.2) is 25.8 Å². The zero-order valence-corrected chi connectivity index (χ0v) is 14.5. The predicted molar refractivity (Wildman–Crippen MR) is 95.8 cm³/mol. The first-order valence-corrected chi connectivity index (χ1v) is 8.25. The number of phenols is 1. The van der Waals surface area contributed by atoms with E-state index in [4.69, 9.17) is 9.57 Å². The standard InChI is InChI=1S/C19H18N4O3/c1-12-9-17(23(2)21-12)16-8-7-15(11-20-16)25-19-10-18(26-22-19)13-3-5-14(24)6-4-13/h3-9,11,18,24H,10H2,1-2H3/t18-/m0/s1. The van der Waals surface area contributed by atoms with Crippen LogP contribution in [0.25, 0.3) is 11.4 Å². The van der Waals surface area contributed by atoms with Crippen molar-refractivity contribution < 1.29 is 14.7 Å². The Bertz CT molecular complexity index is 946. The lowest BCUT2D eigenvalue weighted by Crippen LogP contribution is -2.07. The van der Waals surface area contributed by atoms with Crippen molar-refractivity contribution in [2.24, 2.45) is 12.2 Å². The maximum absolute atomic E-state index is 9.36. The summed E-state index contributed by atoms with van der Waals surface area (Å²) >= 11 is 0. The highest BCUT2D eigenvalue weighted by molar-refractivity contribution is 5.79. The molecule has 3 heterocycles. The molecule has 2 aromatic heterocycles. The van der Waals surface area contributed by atoms with Crippen molar-refractivity contribution in [2.75, 3.05) is 0 Å². The fourth-order valence-electron chi connectivity index (χ4n) is 2.86. The van der Waals surface area contributed by atoms with E-state index in [0.29, 0.717) is 18.1 Å². The summed E-state index contributed by atoms with van der Waals surface area (Å²) in [4.78, 5) is 9.87. The lowest BCUT2D eigenvalue weighted by atomic mass is 10.1. The molecule has 0 spiro atoms. The van der Waals surface area contributed by atoms with Gasteiger partial charge < -0.3 is 14.7 Å². The molecule has 0 saturated carbocycles. The van der Waals surface area contributed by atoms with E-state index in [1.807, 2.05) is 44.3 Å². The van der Waals surface area contributed by atoms with Gasteiger partial charge in [0.15, 0.2) is 6.10 Å². The van der Waals surface area contributed by atoms with Gasteiger partial charge in [0.05, 0.1) is 29.7 Å². The SMILES string of the molecule is Cc1cc(-c2ccc(OC3=NO[C@H](c4ccc(O)cc4)C3)cn2)n(C)n1. The van der Waals surface area contributed by atoms with Gasteiger partial charge in [-0.15, -0.1) is 0 Å². The summed E-state index contributed by atoms with van der Waals surface area (Å²) in [5.41, 5.74) is 3.66. The van der Waals surface area contributed by atoms with E-state index in [0.717, 1.165) is 22.6 Å². The van der Waals surface area contributed by atoms with Gasteiger partial charge in [-0.1, -0.05) is 17.3 Å². The van der Waals surface area contributed by atoms with Gasteiger partial charge in [0.25, 0.3) is 0 Å². The Kier molecular flexibility index (Phi) is 4.04. The van der Waals surface area contributed by atoms with E-state index in [2.05, 4.69) is 15.2 Å². The number of aryl methyl sites for hydroxylation is 2. The second-order valence-corrected chi connectivity index (χ2v) is 6.15. The van der Waals surface area contributed by atoms with Crippen molar-refractivity contribution in [2.45, 2.75) is 19.4 Å². The molecule has 1 aliphatic rings. The number of pyridine rings is 1. The summed E-state index contributed by atoms with van der Waals surface area (Å²) in [5.74, 6) is 1.31. The summed E-state index contributed by atoms with van der Waals surface area (Å²) in [5, 5.41) is 17.7. The van der Waals surface area contributed by atoms with Gasteiger partial charge in [0.1, 0.15) is 11.5 Å². The van der Waals surface area contributed by atoms with Crippen molar-refractivity contribution in [3.05, 3.63) is 59.9 Å². The van der Waals surface area contributed by atoms with Crippen LogP contribution < -0.4 is 4.74 Å². The number of ether oxygens (including phenoxy) is 1. The molecule has 1 N–H and O–H groups in total. The van der Waals surface area contributed by atoms with Gasteiger partial charge >= 0.3 is 0 Å². The molecule has 4 rings (SSSR count). The van der Waals surface area contributed by atoms with Gasteiger partial charge in [-0.2, -0.15) is 5.10 Å². The molecule has 0 saturated heterocycles. The maximum Gasteiger partial charge on any atom is 0.235 e. The van der Waals surface area contributed by atoms with Crippen LogP contribution in [0.4, 0.5) is 0 Å². The third-order valence-electron chi connectivity index (χ3n) is 4.14. The largest absolute Gasteiger partial charge is 0.508 e. The van der Waals surface area contributed by atoms with Crippen LogP contribution in [0.3, 0.4) is 0 Å². The average molecular weight is 350 g/mol. The van der Waals surface area contributed by atoms with Gasteiger partial charge in [-0.05, 0) is 42.8 Å². The van der Waals surface area contributed by atoms with Gasteiger partial charge in [0.2, 0.25) is 5.90 Å². The number of hydrogen-bond acceptors (Lipinski definition) is 6. The molecule has 0 bridgehead atoms. The minimum Gasteiger partial charge on any atom is -0.508 e. The quantitative estimate of drug-likeness (QED) is 0.783. The maximum atomic E-state index is 9.36. The van der Waals surface area contributed by atoms with Crippen LogP contribution in [0.15, 0.2) is 53.8 Å². The van der Waals surface area contributed by atoms with Crippen molar-refractivity contribution >= 4 is 5.90 Å². The van der Waals surface area contributed by atoms with E-state index < -0.39 is 0 Å². The number of rotatable bonds is 3. The normalized spacial score (nSPS) is 16.2. The fourth-order valence-corrected chi connectivity index (χ4v) is 2.86. The molecule has 7 nitrogen and oxygen atoms in total. The summed E-state index contributed by atoms with van der Waals surface area (Å²) in [6.45, 7) is 1.95. The molecule has 3 aromatic rings. The topological polar surface area (TPSA) is 81.8 Å². The molecule has 0 unspecified atom stereocenters. The first-order chi connectivity index (χ1) is 12.6. The van der Waals surface area contributed by atoms with Crippen LogP contribution in [0, 0.1) is 6.92 Å². The van der Waals surface area contributed by atoms with Crippen LogP contribution in [0.1, 0.15) is 23.8 Å². The number of phenolic OH excluding ortho intramolecular Hbond substituents is 1. The van der Waals surface area contributed by atoms with E-state index in [1.165, 1.54) is 0 Å². The average Bonchev–Trinajstić information content (AvgIpc) is 3.22. The van der Waals surface area contributed by atoms with E-state index in [-0.39, 0.29) is 11.9 Å². The Morgan fingerprint density at radius 2 is 2.00 bits per heavy atom. The molecule has 7 heteroatoms. The zero-order chi connectivity index (χ0) is 18.1. The molecule has 1 aromatic carbocycles. The minimum atomic E-state index is -0.213. The highest BCUT2D eigenvalue weighted by Gasteiger charge is 2.24. The Morgan fingerprint density at radius 1 is 1.19 bits per heavy atom. The molecule has 0 amide bonds. The molecule has 1 atom stereocenters. The second-order valence-electron chi connectivity index (χ2n) is 6.15. The highest BCUT2D eigenvalue weighted by Crippen LogP contribution is 2.29. The molecule has 0 aliphatic carbocycles. The lowest BCUT2D eigenvalue weighted by Gasteiger charge is -2.08. The first-order valence-electron chi connectivity index (χ1n) is 8.25. The molecule has 26 heavy (non-hydrogen) atoms. The zero-order valence-electron chi connectivity index (χ0n) is 14.5. The van der Waals surface area contributed by atoms with Crippen LogP contribution in [0.5, 0.6) is 11.5 Å². The lowest BCUT2D eigenvalue weighted by molar-refractivity contribution is 0.0855. The van der Waals surface area contributed by atoms with Gasteiger partial charge in [-0.25, -0.2) is 0 Å². The molecular weight excluding hydrogens is 332 g/mol. The molecule has 0 radical (unpaired) electrons. The number of benzene rings is 1. The van der Waals surface area contributed by atoms with Crippen molar-refractivity contribution in [3.63, 3.8) is 0 Å². The number of hydrogen-bond donors (Lipinski definition) is 1. The smallest absolute Gasteiger partial charge is 0.235 e. The Labute approximate surface area is 150 Å². The fraction of sp³-hybridized carbons (Fsp3) is 0.211. The Morgan fingerprint density at radius 3 is 2.65 bits per heavy atom. The minimum absolute atomic E-state index is 0.213. The predicted octanol–water partition coefficient (Wildman–Crippen LogP) is 3.35. The van der Waals surface area contributed by atoms with Crippen LogP contribution >= 0.6 is 0 Å². The number of oxime groups is 1. The van der Waals surface area contributed by atoms with Gasteiger partial charge in [0, 0.05) is 7.05 Å².